The molecule has 3 N–H and O–H groups in total. The Balaban J connectivity index is 1.92. The third-order valence-electron chi connectivity index (χ3n) is 2.29. The summed E-state index contributed by atoms with van der Waals surface area (Å²) < 4.78 is 28.7. The minimum atomic E-state index is -3.04. The van der Waals surface area contributed by atoms with Crippen LogP contribution in [0.4, 0.5) is 14.5 Å². The number of ether oxygens (including phenoxy) is 1. The Morgan fingerprint density at radius 2 is 2.19 bits per heavy atom. The van der Waals surface area contributed by atoms with E-state index in [1.165, 1.54) is 6.20 Å². The molecule has 21 heavy (non-hydrogen) atoms. The first kappa shape index (κ1) is 15.0. The molecule has 0 unspecified atom stereocenters. The van der Waals surface area contributed by atoms with Crippen molar-refractivity contribution in [1.29, 1.82) is 10.8 Å². The standard InChI is InChI=1S/C12H11F2N5OS/c13-10(14)12(16)20-11(15)8-5-19-9(21-8)6-18-7-2-1-3-17-4-7/h1-5,10,15-16,18H,6H2. The first-order valence-electron chi connectivity index (χ1n) is 5.78. The van der Waals surface area contributed by atoms with E-state index in [-0.39, 0.29) is 4.88 Å². The van der Waals surface area contributed by atoms with Crippen molar-refractivity contribution in [1.82, 2.24) is 9.97 Å². The Morgan fingerprint density at radius 1 is 1.38 bits per heavy atom. The SMILES string of the molecule is N=C(OC(=N)C(F)F)c1cnc(CNc2cccnc2)s1. The Labute approximate surface area is 122 Å². The third kappa shape index (κ3) is 4.28. The van der Waals surface area contributed by atoms with Crippen LogP contribution in [0.1, 0.15) is 9.88 Å². The molecule has 110 valence electrons. The van der Waals surface area contributed by atoms with Gasteiger partial charge in [0.2, 0.25) is 5.90 Å². The predicted octanol–water partition coefficient (Wildman–Crippen LogP) is 2.73. The first-order valence-corrected chi connectivity index (χ1v) is 6.60. The van der Waals surface area contributed by atoms with Crippen molar-refractivity contribution in [2.24, 2.45) is 0 Å². The zero-order valence-corrected chi connectivity index (χ0v) is 11.5. The third-order valence-corrected chi connectivity index (χ3v) is 3.29. The highest BCUT2D eigenvalue weighted by Gasteiger charge is 2.17. The van der Waals surface area contributed by atoms with E-state index in [9.17, 15) is 8.78 Å². The van der Waals surface area contributed by atoms with Gasteiger partial charge in [0.05, 0.1) is 18.4 Å². The van der Waals surface area contributed by atoms with E-state index >= 15 is 0 Å². The molecule has 0 atom stereocenters. The minimum absolute atomic E-state index is 0.281. The molecular weight excluding hydrogens is 300 g/mol. The summed E-state index contributed by atoms with van der Waals surface area (Å²) in [6, 6.07) is 3.63. The minimum Gasteiger partial charge on any atom is -0.418 e. The van der Waals surface area contributed by atoms with Gasteiger partial charge in [-0.1, -0.05) is 0 Å². The van der Waals surface area contributed by atoms with Crippen molar-refractivity contribution in [2.45, 2.75) is 13.0 Å². The summed E-state index contributed by atoms with van der Waals surface area (Å²) in [4.78, 5) is 8.29. The number of nitrogens with zero attached hydrogens (tertiary/aromatic N) is 2. The van der Waals surface area contributed by atoms with Crippen LogP contribution in [-0.4, -0.2) is 28.2 Å². The molecule has 0 aromatic carbocycles. The molecule has 0 aliphatic carbocycles. The van der Waals surface area contributed by atoms with E-state index in [2.05, 4.69) is 20.0 Å². The molecule has 0 fully saturated rings. The quantitative estimate of drug-likeness (QED) is 0.584. The summed E-state index contributed by atoms with van der Waals surface area (Å²) in [6.07, 6.45) is 1.63. The van der Waals surface area contributed by atoms with E-state index < -0.39 is 18.2 Å². The summed E-state index contributed by atoms with van der Waals surface area (Å²) in [7, 11) is 0. The van der Waals surface area contributed by atoms with Gasteiger partial charge in [0.15, 0.2) is 0 Å². The van der Waals surface area contributed by atoms with E-state index in [1.807, 2.05) is 6.07 Å². The van der Waals surface area contributed by atoms with Gasteiger partial charge >= 0.3 is 6.43 Å². The summed E-state index contributed by atoms with van der Waals surface area (Å²) in [5.41, 5.74) is 0.819. The van der Waals surface area contributed by atoms with Gasteiger partial charge in [0.25, 0.3) is 5.90 Å². The van der Waals surface area contributed by atoms with Gasteiger partial charge < -0.3 is 10.1 Å². The van der Waals surface area contributed by atoms with E-state index in [4.69, 9.17) is 10.8 Å². The van der Waals surface area contributed by atoms with Gasteiger partial charge in [-0.15, -0.1) is 11.3 Å². The van der Waals surface area contributed by atoms with Crippen molar-refractivity contribution in [3.63, 3.8) is 0 Å². The second kappa shape index (κ2) is 6.84. The van der Waals surface area contributed by atoms with Crippen LogP contribution >= 0.6 is 11.3 Å². The van der Waals surface area contributed by atoms with Gasteiger partial charge in [0, 0.05) is 12.4 Å². The van der Waals surface area contributed by atoms with E-state index in [1.54, 1.807) is 18.5 Å². The van der Waals surface area contributed by atoms with Crippen LogP contribution < -0.4 is 5.32 Å². The zero-order valence-electron chi connectivity index (χ0n) is 10.6. The topological polar surface area (TPSA) is 94.7 Å². The van der Waals surface area contributed by atoms with Gasteiger partial charge in [0.1, 0.15) is 9.88 Å². The molecule has 2 aromatic heterocycles. The fourth-order valence-corrected chi connectivity index (χ4v) is 2.09. The largest absolute Gasteiger partial charge is 0.418 e. The Morgan fingerprint density at radius 3 is 2.86 bits per heavy atom. The molecule has 0 radical (unpaired) electrons. The lowest BCUT2D eigenvalue weighted by atomic mass is 10.4. The van der Waals surface area contributed by atoms with Crippen LogP contribution in [0.15, 0.2) is 30.7 Å². The molecule has 2 aromatic rings. The molecule has 2 heterocycles. The molecule has 6 nitrogen and oxygen atoms in total. The van der Waals surface area contributed by atoms with Gasteiger partial charge in [-0.05, 0) is 12.1 Å². The maximum absolute atomic E-state index is 12.1. The van der Waals surface area contributed by atoms with Crippen LogP contribution in [0.2, 0.25) is 0 Å². The summed E-state index contributed by atoms with van der Waals surface area (Å²) in [6.45, 7) is 0.413. The lowest BCUT2D eigenvalue weighted by Crippen LogP contribution is -2.17. The number of hydrogen-bond acceptors (Lipinski definition) is 7. The van der Waals surface area contributed by atoms with Crippen LogP contribution in [0.25, 0.3) is 0 Å². The number of thiazole rings is 1. The Kier molecular flexibility index (Phi) is 4.88. The second-order valence-corrected chi connectivity index (χ2v) is 4.92. The van der Waals surface area contributed by atoms with Gasteiger partial charge in [-0.2, -0.15) is 8.78 Å². The van der Waals surface area contributed by atoms with Crippen LogP contribution in [0.3, 0.4) is 0 Å². The van der Waals surface area contributed by atoms with E-state index in [0.717, 1.165) is 17.0 Å². The summed E-state index contributed by atoms with van der Waals surface area (Å²) in [5, 5.41) is 18.1. The fourth-order valence-electron chi connectivity index (χ4n) is 1.35. The number of pyridine rings is 1. The number of alkyl halides is 2. The van der Waals surface area contributed by atoms with Crippen LogP contribution in [0, 0.1) is 10.8 Å². The highest BCUT2D eigenvalue weighted by Crippen LogP contribution is 2.16. The monoisotopic (exact) mass is 311 g/mol. The van der Waals surface area contributed by atoms with E-state index in [0.29, 0.717) is 11.6 Å². The maximum atomic E-state index is 12.1. The molecule has 0 bridgehead atoms. The van der Waals surface area contributed by atoms with Gasteiger partial charge in [-0.3, -0.25) is 15.8 Å². The first-order chi connectivity index (χ1) is 10.1. The molecule has 0 aliphatic rings. The number of halogens is 2. The Hall–Kier alpha value is -2.42. The average molecular weight is 311 g/mol. The van der Waals surface area contributed by atoms with Crippen molar-refractivity contribution >= 4 is 28.8 Å². The van der Waals surface area contributed by atoms with Crippen molar-refractivity contribution < 1.29 is 13.5 Å². The Bertz CT molecular complexity index is 632. The molecular formula is C12H11F2N5OS. The predicted molar refractivity (Wildman–Crippen MR) is 75.3 cm³/mol. The lowest BCUT2D eigenvalue weighted by molar-refractivity contribution is 0.197. The molecule has 2 rings (SSSR count). The average Bonchev–Trinajstić information content (AvgIpc) is 2.95. The molecule has 0 spiro atoms. The molecule has 0 amide bonds. The smallest absolute Gasteiger partial charge is 0.312 e. The van der Waals surface area contributed by atoms with Crippen molar-refractivity contribution in [3.05, 3.63) is 40.6 Å². The van der Waals surface area contributed by atoms with Crippen LogP contribution in [0.5, 0.6) is 0 Å². The lowest BCUT2D eigenvalue weighted by Gasteiger charge is -2.04. The number of nitrogens with one attached hydrogen (secondary N) is 3. The number of hydrogen-bond donors (Lipinski definition) is 3. The van der Waals surface area contributed by atoms with Crippen LogP contribution in [-0.2, 0) is 11.3 Å². The molecule has 0 saturated carbocycles. The van der Waals surface area contributed by atoms with Crippen molar-refractivity contribution in [3.8, 4) is 0 Å². The highest BCUT2D eigenvalue weighted by atomic mass is 32.1. The number of aromatic nitrogens is 2. The normalized spacial score (nSPS) is 10.4. The maximum Gasteiger partial charge on any atom is 0.312 e. The van der Waals surface area contributed by atoms with Crippen molar-refractivity contribution in [2.75, 3.05) is 5.32 Å². The molecule has 0 saturated heterocycles. The zero-order chi connectivity index (χ0) is 15.2. The number of anilines is 1. The highest BCUT2D eigenvalue weighted by molar-refractivity contribution is 7.13. The number of rotatable bonds is 5. The summed E-state index contributed by atoms with van der Waals surface area (Å²) >= 11 is 1.13. The molecule has 9 heteroatoms. The second-order valence-electron chi connectivity index (χ2n) is 3.81. The molecule has 0 aliphatic heterocycles. The van der Waals surface area contributed by atoms with Gasteiger partial charge in [-0.25, -0.2) is 4.98 Å². The fraction of sp³-hybridized carbons (Fsp3) is 0.167. The summed E-state index contributed by atoms with van der Waals surface area (Å²) in [5.74, 6) is -1.76.